The Balaban J connectivity index is 1.45. The molecule has 1 unspecified atom stereocenters. The predicted molar refractivity (Wildman–Crippen MR) is 168 cm³/mol. The Morgan fingerprint density at radius 1 is 0.848 bits per heavy atom. The Morgan fingerprint density at radius 3 is 2.04 bits per heavy atom. The number of amides is 5. The minimum absolute atomic E-state index is 0.0416. The first-order valence-corrected chi connectivity index (χ1v) is 15.1. The van der Waals surface area contributed by atoms with E-state index in [9.17, 15) is 29.1 Å². The number of nitrogens with two attached hydrogens (primary N) is 1. The lowest BCUT2D eigenvalue weighted by Gasteiger charge is -2.31. The van der Waals surface area contributed by atoms with Crippen molar-refractivity contribution >= 4 is 29.7 Å². The standard InChI is InChI=1S/C34H39N5O7/c35-29(40)20-27(38-34(45)46-22-25-15-8-3-9-16-25)31(42)37-26(19-23-11-4-1-5-12-23)30(41)33(44)39-18-10-17-28(39)32(43)36-21-24-13-6-2-7-14-24/h1-9,11-16,26-28,30,41H,10,17-22H2,(H2,35,40)(H,36,43)(H,37,42)(H,38,45)/t26-,27-,28-,30?/m0/s1. The van der Waals surface area contributed by atoms with Gasteiger partial charge in [-0.3, -0.25) is 19.2 Å². The lowest BCUT2D eigenvalue weighted by molar-refractivity contribution is -0.147. The first kappa shape index (κ1) is 33.7. The molecule has 1 saturated heterocycles. The van der Waals surface area contributed by atoms with E-state index in [1.165, 1.54) is 4.90 Å². The fourth-order valence-corrected chi connectivity index (χ4v) is 5.26. The second kappa shape index (κ2) is 16.7. The average molecular weight is 630 g/mol. The maximum absolute atomic E-state index is 13.7. The van der Waals surface area contributed by atoms with Crippen molar-refractivity contribution < 1.29 is 33.8 Å². The normalized spacial score (nSPS) is 16.0. The highest BCUT2D eigenvalue weighted by Crippen LogP contribution is 2.21. The van der Waals surface area contributed by atoms with Crippen LogP contribution in [0.25, 0.3) is 0 Å². The van der Waals surface area contributed by atoms with Gasteiger partial charge in [0.2, 0.25) is 17.7 Å². The van der Waals surface area contributed by atoms with Gasteiger partial charge in [0.25, 0.3) is 5.91 Å². The molecule has 1 fully saturated rings. The van der Waals surface area contributed by atoms with Gasteiger partial charge in [0.05, 0.1) is 12.5 Å². The van der Waals surface area contributed by atoms with Crippen LogP contribution in [0.5, 0.6) is 0 Å². The van der Waals surface area contributed by atoms with Gasteiger partial charge in [0, 0.05) is 13.1 Å². The van der Waals surface area contributed by atoms with Crippen LogP contribution in [0, 0.1) is 0 Å². The molecule has 3 aromatic rings. The van der Waals surface area contributed by atoms with E-state index in [2.05, 4.69) is 16.0 Å². The molecule has 242 valence electrons. The molecule has 5 amide bonds. The van der Waals surface area contributed by atoms with Crippen molar-refractivity contribution in [3.05, 3.63) is 108 Å². The summed E-state index contributed by atoms with van der Waals surface area (Å²) in [6.45, 7) is 0.470. The molecule has 0 bridgehead atoms. The fraction of sp³-hybridized carbons (Fsp3) is 0.324. The number of nitrogens with zero attached hydrogens (tertiary/aromatic N) is 1. The first-order chi connectivity index (χ1) is 22.2. The summed E-state index contributed by atoms with van der Waals surface area (Å²) >= 11 is 0. The lowest BCUT2D eigenvalue weighted by atomic mass is 9.99. The molecule has 0 aromatic heterocycles. The van der Waals surface area contributed by atoms with Crippen LogP contribution in [0.4, 0.5) is 4.79 Å². The smallest absolute Gasteiger partial charge is 0.408 e. The molecule has 1 aliphatic rings. The van der Waals surface area contributed by atoms with Crippen molar-refractivity contribution in [1.82, 2.24) is 20.9 Å². The van der Waals surface area contributed by atoms with Crippen molar-refractivity contribution in [3.8, 4) is 0 Å². The molecule has 4 atom stereocenters. The zero-order valence-corrected chi connectivity index (χ0v) is 25.3. The fourth-order valence-electron chi connectivity index (χ4n) is 5.26. The monoisotopic (exact) mass is 629 g/mol. The van der Waals surface area contributed by atoms with Crippen LogP contribution >= 0.6 is 0 Å². The Labute approximate surface area is 267 Å². The molecule has 0 radical (unpaired) electrons. The number of ether oxygens (including phenoxy) is 1. The number of aliphatic hydroxyl groups excluding tert-OH is 1. The van der Waals surface area contributed by atoms with Gasteiger partial charge < -0.3 is 36.4 Å². The van der Waals surface area contributed by atoms with E-state index >= 15 is 0 Å². The molecule has 0 saturated carbocycles. The van der Waals surface area contributed by atoms with Gasteiger partial charge in [-0.1, -0.05) is 91.0 Å². The third-order valence-electron chi connectivity index (χ3n) is 7.63. The van der Waals surface area contributed by atoms with E-state index in [-0.39, 0.29) is 32.0 Å². The molecule has 1 heterocycles. The highest BCUT2D eigenvalue weighted by molar-refractivity contribution is 5.93. The molecule has 4 rings (SSSR count). The molecule has 1 aliphatic heterocycles. The minimum atomic E-state index is -1.74. The number of aliphatic hydroxyl groups is 1. The predicted octanol–water partition coefficient (Wildman–Crippen LogP) is 1.55. The zero-order valence-electron chi connectivity index (χ0n) is 25.3. The van der Waals surface area contributed by atoms with Crippen LogP contribution in [-0.4, -0.2) is 70.5 Å². The molecule has 3 aromatic carbocycles. The summed E-state index contributed by atoms with van der Waals surface area (Å²) in [4.78, 5) is 65.9. The topological polar surface area (TPSA) is 180 Å². The molecule has 6 N–H and O–H groups in total. The second-order valence-corrected chi connectivity index (χ2v) is 11.1. The number of primary amides is 1. The van der Waals surface area contributed by atoms with Crippen molar-refractivity contribution in [2.24, 2.45) is 5.73 Å². The van der Waals surface area contributed by atoms with Crippen LogP contribution in [-0.2, 0) is 43.5 Å². The van der Waals surface area contributed by atoms with Crippen LogP contribution in [0.15, 0.2) is 91.0 Å². The molecule has 12 nitrogen and oxygen atoms in total. The Bertz CT molecular complexity index is 1470. The highest BCUT2D eigenvalue weighted by atomic mass is 16.5. The summed E-state index contributed by atoms with van der Waals surface area (Å²) < 4.78 is 5.20. The van der Waals surface area contributed by atoms with Crippen molar-refractivity contribution in [2.75, 3.05) is 6.54 Å². The van der Waals surface area contributed by atoms with Gasteiger partial charge >= 0.3 is 6.09 Å². The van der Waals surface area contributed by atoms with E-state index in [0.717, 1.165) is 5.56 Å². The Morgan fingerprint density at radius 2 is 1.43 bits per heavy atom. The van der Waals surface area contributed by atoms with Gasteiger partial charge in [-0.25, -0.2) is 4.79 Å². The van der Waals surface area contributed by atoms with Crippen LogP contribution in [0.1, 0.15) is 36.0 Å². The van der Waals surface area contributed by atoms with E-state index in [0.29, 0.717) is 24.0 Å². The van der Waals surface area contributed by atoms with E-state index in [4.69, 9.17) is 10.5 Å². The molecule has 0 aliphatic carbocycles. The molecular formula is C34H39N5O7. The summed E-state index contributed by atoms with van der Waals surface area (Å²) in [5.74, 6) is -2.77. The zero-order chi connectivity index (χ0) is 32.9. The number of carbonyl (C=O) groups excluding carboxylic acids is 5. The molecule has 46 heavy (non-hydrogen) atoms. The third-order valence-corrected chi connectivity index (χ3v) is 7.63. The second-order valence-electron chi connectivity index (χ2n) is 11.1. The Hall–Kier alpha value is -5.23. The molecule has 12 heteroatoms. The van der Waals surface area contributed by atoms with Gasteiger partial charge in [-0.15, -0.1) is 0 Å². The summed E-state index contributed by atoms with van der Waals surface area (Å²) in [5, 5.41) is 19.2. The maximum atomic E-state index is 13.7. The number of likely N-dealkylation sites (tertiary alicyclic amines) is 1. The summed E-state index contributed by atoms with van der Waals surface area (Å²) in [7, 11) is 0. The Kier molecular flexibility index (Phi) is 12.2. The minimum Gasteiger partial charge on any atom is -0.445 e. The van der Waals surface area contributed by atoms with Crippen LogP contribution in [0.3, 0.4) is 0 Å². The number of nitrogens with one attached hydrogen (secondary N) is 3. The summed E-state index contributed by atoms with van der Waals surface area (Å²) in [6.07, 6.45) is -2.23. The van der Waals surface area contributed by atoms with Crippen molar-refractivity contribution in [2.45, 2.75) is 63.1 Å². The van der Waals surface area contributed by atoms with Crippen LogP contribution in [0.2, 0.25) is 0 Å². The van der Waals surface area contributed by atoms with Gasteiger partial charge in [-0.2, -0.15) is 0 Å². The molecule has 0 spiro atoms. The average Bonchev–Trinajstić information content (AvgIpc) is 3.56. The van der Waals surface area contributed by atoms with Crippen molar-refractivity contribution in [3.63, 3.8) is 0 Å². The SMILES string of the molecule is NC(=O)C[C@H](NC(=O)OCc1ccccc1)C(=O)N[C@@H](Cc1ccccc1)C(O)C(=O)N1CCC[C@H]1C(=O)NCc1ccccc1. The quantitative estimate of drug-likeness (QED) is 0.179. The molecular weight excluding hydrogens is 590 g/mol. The summed E-state index contributed by atoms with van der Waals surface area (Å²) in [5.41, 5.74) is 7.69. The van der Waals surface area contributed by atoms with E-state index in [1.807, 2.05) is 36.4 Å². The lowest BCUT2D eigenvalue weighted by Crippen LogP contribution is -2.58. The van der Waals surface area contributed by atoms with Gasteiger partial charge in [0.1, 0.15) is 18.7 Å². The van der Waals surface area contributed by atoms with E-state index in [1.54, 1.807) is 54.6 Å². The number of hydrogen-bond donors (Lipinski definition) is 5. The van der Waals surface area contributed by atoms with Crippen LogP contribution < -0.4 is 21.7 Å². The third kappa shape index (κ3) is 9.89. The van der Waals surface area contributed by atoms with Gasteiger partial charge in [-0.05, 0) is 36.0 Å². The number of carbonyl (C=O) groups is 5. The maximum Gasteiger partial charge on any atom is 0.408 e. The van der Waals surface area contributed by atoms with E-state index < -0.39 is 54.5 Å². The number of benzene rings is 3. The number of alkyl carbamates (subject to hydrolysis) is 1. The highest BCUT2D eigenvalue weighted by Gasteiger charge is 2.40. The van der Waals surface area contributed by atoms with Crippen molar-refractivity contribution in [1.29, 1.82) is 0 Å². The summed E-state index contributed by atoms with van der Waals surface area (Å²) in [6, 6.07) is 23.7. The first-order valence-electron chi connectivity index (χ1n) is 15.1. The number of rotatable bonds is 14. The largest absolute Gasteiger partial charge is 0.445 e. The number of hydrogen-bond acceptors (Lipinski definition) is 7. The van der Waals surface area contributed by atoms with Gasteiger partial charge in [0.15, 0.2) is 6.10 Å².